The maximum atomic E-state index is 13.2. The molecule has 0 bridgehead atoms. The van der Waals surface area contributed by atoms with Crippen LogP contribution in [0.2, 0.25) is 5.02 Å². The van der Waals surface area contributed by atoms with Crippen molar-refractivity contribution in [2.24, 2.45) is 20.2 Å². The molecule has 0 spiro atoms. The van der Waals surface area contributed by atoms with Gasteiger partial charge in [-0.3, -0.25) is 0 Å². The number of benzene rings is 2. The first kappa shape index (κ1) is 27.1. The molecular weight excluding hydrogens is 510 g/mol. The fourth-order valence-electron chi connectivity index (χ4n) is 4.60. The van der Waals surface area contributed by atoms with Gasteiger partial charge in [-0.1, -0.05) is 54.1 Å². The Morgan fingerprint density at radius 2 is 1.70 bits per heavy atom. The Bertz CT molecular complexity index is 1250. The zero-order valence-electron chi connectivity index (χ0n) is 21.3. The van der Waals surface area contributed by atoms with Gasteiger partial charge >= 0.3 is 10.2 Å². The van der Waals surface area contributed by atoms with Crippen LogP contribution in [-0.2, 0) is 10.2 Å². The molecule has 4 rings (SSSR count). The predicted octanol–water partition coefficient (Wildman–Crippen LogP) is 3.89. The lowest BCUT2D eigenvalue weighted by Crippen LogP contribution is -2.41. The lowest BCUT2D eigenvalue weighted by atomic mass is 9.86. The molecule has 0 radical (unpaired) electrons. The third-order valence-corrected chi connectivity index (χ3v) is 8.31. The first-order chi connectivity index (χ1) is 17.8. The second kappa shape index (κ2) is 12.1. The third-order valence-electron chi connectivity index (χ3n) is 6.65. The summed E-state index contributed by atoms with van der Waals surface area (Å²) in [5, 5.41) is 7.12. The molecule has 2 aromatic rings. The number of rotatable bonds is 6. The molecule has 11 heteroatoms. The van der Waals surface area contributed by atoms with Crippen LogP contribution in [0.15, 0.2) is 69.1 Å². The molecule has 198 valence electrons. The summed E-state index contributed by atoms with van der Waals surface area (Å²) in [5.74, 6) is 0.183. The summed E-state index contributed by atoms with van der Waals surface area (Å²) in [6, 6.07) is 17.6. The van der Waals surface area contributed by atoms with Crippen LogP contribution in [0.5, 0.6) is 0 Å². The lowest BCUT2D eigenvalue weighted by molar-refractivity contribution is 0.397. The van der Waals surface area contributed by atoms with Gasteiger partial charge < -0.3 is 10.6 Å². The van der Waals surface area contributed by atoms with Crippen molar-refractivity contribution in [1.29, 1.82) is 0 Å². The lowest BCUT2D eigenvalue weighted by Gasteiger charge is -2.31. The van der Waals surface area contributed by atoms with E-state index in [2.05, 4.69) is 21.5 Å². The Morgan fingerprint density at radius 3 is 2.32 bits per heavy atom. The van der Waals surface area contributed by atoms with Crippen molar-refractivity contribution < 1.29 is 8.42 Å². The highest BCUT2D eigenvalue weighted by atomic mass is 35.5. The number of hydrogen-bond donors (Lipinski definition) is 1. The Morgan fingerprint density at radius 1 is 1.05 bits per heavy atom. The molecule has 0 saturated carbocycles. The van der Waals surface area contributed by atoms with Crippen molar-refractivity contribution >= 4 is 39.4 Å². The van der Waals surface area contributed by atoms with E-state index in [1.54, 1.807) is 5.01 Å². The molecule has 0 amide bonds. The average Bonchev–Trinajstić information content (AvgIpc) is 3.46. The van der Waals surface area contributed by atoms with Crippen molar-refractivity contribution in [3.8, 4) is 0 Å². The molecule has 2 heterocycles. The second-order valence-corrected chi connectivity index (χ2v) is 11.0. The van der Waals surface area contributed by atoms with E-state index in [-0.39, 0.29) is 17.8 Å². The Balaban J connectivity index is 1.81. The summed E-state index contributed by atoms with van der Waals surface area (Å²) in [6.07, 6.45) is 2.32. The van der Waals surface area contributed by atoms with Gasteiger partial charge in [-0.15, -0.1) is 4.40 Å². The highest BCUT2D eigenvalue weighted by Crippen LogP contribution is 2.30. The van der Waals surface area contributed by atoms with Crippen LogP contribution < -0.4 is 5.73 Å². The molecule has 2 aliphatic heterocycles. The molecule has 2 N–H and O–H groups in total. The monoisotopic (exact) mass is 543 g/mol. The van der Waals surface area contributed by atoms with E-state index < -0.39 is 10.2 Å². The van der Waals surface area contributed by atoms with Gasteiger partial charge in [0.2, 0.25) is 0 Å². The summed E-state index contributed by atoms with van der Waals surface area (Å²) >= 11 is 6.16. The van der Waals surface area contributed by atoms with Crippen LogP contribution in [0.4, 0.5) is 0 Å². The summed E-state index contributed by atoms with van der Waals surface area (Å²) in [4.78, 5) is 6.35. The van der Waals surface area contributed by atoms with Crippen LogP contribution in [-0.4, -0.2) is 73.0 Å². The zero-order chi connectivity index (χ0) is 26.4. The van der Waals surface area contributed by atoms with Crippen molar-refractivity contribution in [1.82, 2.24) is 14.2 Å². The molecule has 0 aliphatic carbocycles. The smallest absolute Gasteiger partial charge is 0.325 e. The Kier molecular flexibility index (Phi) is 8.83. The Hall–Kier alpha value is -2.95. The minimum absolute atomic E-state index is 0.0131. The number of guanidine groups is 2. The normalized spacial score (nSPS) is 19.7. The molecule has 2 aliphatic rings. The van der Waals surface area contributed by atoms with E-state index in [1.807, 2.05) is 61.2 Å². The summed E-state index contributed by atoms with van der Waals surface area (Å²) in [7, 11) is -3.93. The van der Waals surface area contributed by atoms with E-state index >= 15 is 0 Å². The number of nitrogens with two attached hydrogens (primary N) is 1. The molecule has 0 aromatic heterocycles. The van der Waals surface area contributed by atoms with E-state index in [0.29, 0.717) is 44.2 Å². The van der Waals surface area contributed by atoms with Crippen LogP contribution in [0.25, 0.3) is 0 Å². The van der Waals surface area contributed by atoms with E-state index in [1.165, 1.54) is 4.31 Å². The number of hydrogen-bond acceptors (Lipinski definition) is 3. The third kappa shape index (κ3) is 6.49. The fourth-order valence-corrected chi connectivity index (χ4v) is 5.90. The maximum Gasteiger partial charge on any atom is 0.325 e. The van der Waals surface area contributed by atoms with Gasteiger partial charge in [0.25, 0.3) is 5.96 Å². The number of halogens is 1. The topological polar surface area (TPSA) is 107 Å². The molecule has 1 unspecified atom stereocenters. The first-order valence-corrected chi connectivity index (χ1v) is 14.5. The summed E-state index contributed by atoms with van der Waals surface area (Å²) < 4.78 is 31.9. The van der Waals surface area contributed by atoms with Crippen molar-refractivity contribution in [2.45, 2.75) is 39.0 Å². The van der Waals surface area contributed by atoms with E-state index in [9.17, 15) is 8.42 Å². The van der Waals surface area contributed by atoms with Crippen molar-refractivity contribution in [3.05, 3.63) is 70.7 Å². The number of nitrogens with zero attached hydrogens (tertiary/aromatic N) is 6. The quantitative estimate of drug-likeness (QED) is 0.439. The van der Waals surface area contributed by atoms with Crippen LogP contribution in [0.1, 0.15) is 50.2 Å². The maximum absolute atomic E-state index is 13.2. The fraction of sp³-hybridized carbons (Fsp3) is 0.423. The van der Waals surface area contributed by atoms with Gasteiger partial charge in [-0.25, -0.2) is 5.01 Å². The van der Waals surface area contributed by atoms with Gasteiger partial charge in [0.15, 0.2) is 5.96 Å². The summed E-state index contributed by atoms with van der Waals surface area (Å²) in [5.41, 5.74) is 9.11. The van der Waals surface area contributed by atoms with Gasteiger partial charge in [0.1, 0.15) is 0 Å². The van der Waals surface area contributed by atoms with E-state index in [4.69, 9.17) is 22.4 Å². The van der Waals surface area contributed by atoms with Gasteiger partial charge in [0.05, 0.1) is 5.71 Å². The minimum Gasteiger partial charge on any atom is -0.369 e. The molecule has 9 nitrogen and oxygen atoms in total. The molecule has 1 atom stereocenters. The standard InChI is InChI=1S/C26H34ClN7O2S/c1-3-32(4-2)25(28)29-26(31-37(35,36)33-17-8-9-18-33)34-19-16-23(20-10-6-5-7-11-20)24(30-34)21-12-14-22(27)15-13-21/h5-7,10-15,23H,3-4,8-9,16-19H2,1-2H3,(H2,28,29,31). The zero-order valence-corrected chi connectivity index (χ0v) is 22.9. The average molecular weight is 544 g/mol. The molecule has 1 saturated heterocycles. The molecular formula is C26H34ClN7O2S. The van der Waals surface area contributed by atoms with Crippen LogP contribution >= 0.6 is 11.6 Å². The number of hydrazone groups is 1. The molecule has 2 aromatic carbocycles. The second-order valence-electron chi connectivity index (χ2n) is 8.98. The molecule has 37 heavy (non-hydrogen) atoms. The summed E-state index contributed by atoms with van der Waals surface area (Å²) in [6.45, 7) is 6.52. The number of aliphatic imine (C=N–C) groups is 1. The highest BCUT2D eigenvalue weighted by molar-refractivity contribution is 7.87. The van der Waals surface area contributed by atoms with Crippen LogP contribution in [0.3, 0.4) is 0 Å². The Labute approximate surface area is 224 Å². The first-order valence-electron chi connectivity index (χ1n) is 12.7. The van der Waals surface area contributed by atoms with E-state index in [0.717, 1.165) is 29.7 Å². The van der Waals surface area contributed by atoms with Crippen molar-refractivity contribution in [3.63, 3.8) is 0 Å². The highest BCUT2D eigenvalue weighted by Gasteiger charge is 2.31. The van der Waals surface area contributed by atoms with Gasteiger partial charge in [-0.05, 0) is 56.4 Å². The van der Waals surface area contributed by atoms with Gasteiger partial charge in [-0.2, -0.15) is 22.8 Å². The van der Waals surface area contributed by atoms with Crippen molar-refractivity contribution in [2.75, 3.05) is 32.7 Å². The largest absolute Gasteiger partial charge is 0.369 e. The SMILES string of the molecule is CCN(CC)/C(N)=N/C(=N\S(=O)(=O)N1CCCC1)N1CCC(c2ccccc2)C(c2ccc(Cl)cc2)=N1. The van der Waals surface area contributed by atoms with Crippen LogP contribution in [0, 0.1) is 0 Å². The predicted molar refractivity (Wildman–Crippen MR) is 150 cm³/mol. The van der Waals surface area contributed by atoms with Gasteiger partial charge in [0, 0.05) is 43.7 Å². The minimum atomic E-state index is -3.93. The molecule has 1 fully saturated rings.